The van der Waals surface area contributed by atoms with Crippen LogP contribution in [-0.2, 0) is 0 Å². The van der Waals surface area contributed by atoms with Crippen LogP contribution in [0, 0.1) is 10.1 Å². The molecule has 0 aliphatic heterocycles. The second kappa shape index (κ2) is 4.65. The summed E-state index contributed by atoms with van der Waals surface area (Å²) in [5, 5.41) is 18.6. The van der Waals surface area contributed by atoms with Crippen LogP contribution in [0.4, 0.5) is 5.69 Å². The first-order chi connectivity index (χ1) is 5.61. The average Bonchev–Trinajstić information content (AvgIpc) is 2.04. The Bertz CT molecular complexity index is 294. The standard InChI is InChI=1S/C7H5NO4.Li.H/c9-7(10)5-1-3-6(4-2-5)8(11)12;;/h1-4H,(H,9,10);;/q;+1;-1. The minimum absolute atomic E-state index is 0. The van der Waals surface area contributed by atoms with Crippen LogP contribution in [0.5, 0.6) is 0 Å². The molecule has 0 aliphatic rings. The van der Waals surface area contributed by atoms with Crippen LogP contribution in [0.2, 0.25) is 0 Å². The van der Waals surface area contributed by atoms with Gasteiger partial charge < -0.3 is 6.53 Å². The monoisotopic (exact) mass is 175 g/mol. The van der Waals surface area contributed by atoms with E-state index in [2.05, 4.69) is 0 Å². The van der Waals surface area contributed by atoms with Crippen molar-refractivity contribution in [2.45, 2.75) is 0 Å². The average molecular weight is 175 g/mol. The number of aromatic carboxylic acids is 1. The molecule has 0 heterocycles. The summed E-state index contributed by atoms with van der Waals surface area (Å²) in [5.74, 6) is -1.09. The first kappa shape index (κ1) is 11.7. The van der Waals surface area contributed by atoms with Gasteiger partial charge in [0.2, 0.25) is 0 Å². The van der Waals surface area contributed by atoms with E-state index < -0.39 is 10.9 Å². The van der Waals surface area contributed by atoms with E-state index in [4.69, 9.17) is 5.11 Å². The first-order valence-corrected chi connectivity index (χ1v) is 3.09. The summed E-state index contributed by atoms with van der Waals surface area (Å²) >= 11 is 0. The van der Waals surface area contributed by atoms with Crippen molar-refractivity contribution in [3.63, 3.8) is 0 Å². The van der Waals surface area contributed by atoms with Crippen LogP contribution in [0.1, 0.15) is 11.8 Å². The molecule has 0 atom stereocenters. The number of nitro benzene ring substituents is 1. The Kier molecular flexibility index (Phi) is 4.18. The molecule has 0 saturated carbocycles. The maximum absolute atomic E-state index is 10.3. The van der Waals surface area contributed by atoms with E-state index in [0.717, 1.165) is 12.1 Å². The van der Waals surface area contributed by atoms with Gasteiger partial charge in [0, 0.05) is 12.1 Å². The zero-order valence-electron chi connectivity index (χ0n) is 7.93. The number of benzene rings is 1. The van der Waals surface area contributed by atoms with Gasteiger partial charge in [-0.25, -0.2) is 4.79 Å². The van der Waals surface area contributed by atoms with E-state index in [1.54, 1.807) is 0 Å². The summed E-state index contributed by atoms with van der Waals surface area (Å²) < 4.78 is 0. The van der Waals surface area contributed by atoms with Gasteiger partial charge in [-0.1, -0.05) is 0 Å². The Balaban J connectivity index is 0. The fourth-order valence-corrected chi connectivity index (χ4v) is 0.726. The summed E-state index contributed by atoms with van der Waals surface area (Å²) in [5.41, 5.74) is -0.0689. The molecule has 13 heavy (non-hydrogen) atoms. The van der Waals surface area contributed by atoms with Crippen molar-refractivity contribution in [1.82, 2.24) is 0 Å². The molecule has 1 aromatic carbocycles. The molecule has 0 unspecified atom stereocenters. The molecule has 0 aromatic heterocycles. The minimum atomic E-state index is -1.09. The van der Waals surface area contributed by atoms with Crippen molar-refractivity contribution < 1.29 is 35.1 Å². The van der Waals surface area contributed by atoms with Gasteiger partial charge in [-0.3, -0.25) is 10.1 Å². The molecule has 64 valence electrons. The Hall–Kier alpha value is -1.31. The van der Waals surface area contributed by atoms with Gasteiger partial charge in [0.15, 0.2) is 0 Å². The van der Waals surface area contributed by atoms with E-state index in [1.165, 1.54) is 12.1 Å². The molecule has 0 radical (unpaired) electrons. The first-order valence-electron chi connectivity index (χ1n) is 3.09. The number of carboxylic acid groups (broad SMARTS) is 1. The number of hydrogen-bond donors (Lipinski definition) is 1. The molecule has 6 heteroatoms. The number of carbonyl (C=O) groups is 1. The molecule has 0 amide bonds. The fraction of sp³-hybridized carbons (Fsp3) is 0. The van der Waals surface area contributed by atoms with E-state index in [-0.39, 0.29) is 31.5 Å². The Morgan fingerprint density at radius 2 is 1.85 bits per heavy atom. The van der Waals surface area contributed by atoms with E-state index in [1.807, 2.05) is 0 Å². The second-order valence-electron chi connectivity index (χ2n) is 2.11. The van der Waals surface area contributed by atoms with Crippen molar-refractivity contribution in [3.05, 3.63) is 39.9 Å². The third kappa shape index (κ3) is 2.90. The number of nitrogens with zero attached hydrogens (tertiary/aromatic N) is 1. The molecule has 0 saturated heterocycles. The number of non-ortho nitro benzene ring substituents is 1. The van der Waals surface area contributed by atoms with Gasteiger partial charge in [0.25, 0.3) is 5.69 Å². The smallest absolute Gasteiger partial charge is 1.00 e. The van der Waals surface area contributed by atoms with Crippen molar-refractivity contribution in [1.29, 1.82) is 0 Å². The quantitative estimate of drug-likeness (QED) is 0.334. The van der Waals surface area contributed by atoms with Crippen LogP contribution >= 0.6 is 0 Å². The van der Waals surface area contributed by atoms with Gasteiger partial charge >= 0.3 is 24.8 Å². The fourth-order valence-electron chi connectivity index (χ4n) is 0.726. The number of carboxylic acids is 1. The van der Waals surface area contributed by atoms with Crippen LogP contribution in [0.3, 0.4) is 0 Å². The van der Waals surface area contributed by atoms with Gasteiger partial charge in [-0.15, -0.1) is 0 Å². The van der Waals surface area contributed by atoms with Crippen LogP contribution in [0.25, 0.3) is 0 Å². The van der Waals surface area contributed by atoms with Gasteiger partial charge in [-0.2, -0.15) is 0 Å². The topological polar surface area (TPSA) is 80.4 Å². The normalized spacial score (nSPS) is 8.62. The van der Waals surface area contributed by atoms with Crippen LogP contribution in [-0.4, -0.2) is 16.0 Å². The van der Waals surface area contributed by atoms with E-state index in [0.29, 0.717) is 0 Å². The number of hydrogen-bond acceptors (Lipinski definition) is 3. The summed E-state index contributed by atoms with van der Waals surface area (Å²) in [6, 6.07) is 4.70. The Labute approximate surface area is 87.2 Å². The molecular formula is C7H6LiNO4. The Morgan fingerprint density at radius 1 is 1.38 bits per heavy atom. The van der Waals surface area contributed by atoms with Crippen molar-refractivity contribution in [2.75, 3.05) is 0 Å². The second-order valence-corrected chi connectivity index (χ2v) is 2.11. The maximum Gasteiger partial charge on any atom is 1.00 e. The molecule has 0 bridgehead atoms. The van der Waals surface area contributed by atoms with Gasteiger partial charge in [0.05, 0.1) is 10.5 Å². The van der Waals surface area contributed by atoms with Gasteiger partial charge in [0.1, 0.15) is 0 Å². The minimum Gasteiger partial charge on any atom is -1.00 e. The van der Waals surface area contributed by atoms with Crippen molar-refractivity contribution in [2.24, 2.45) is 0 Å². The van der Waals surface area contributed by atoms with Crippen molar-refractivity contribution >= 4 is 11.7 Å². The maximum atomic E-state index is 10.3. The van der Waals surface area contributed by atoms with Gasteiger partial charge in [-0.05, 0) is 12.1 Å². The zero-order valence-corrected chi connectivity index (χ0v) is 6.93. The van der Waals surface area contributed by atoms with Crippen molar-refractivity contribution in [3.8, 4) is 0 Å². The molecule has 1 N–H and O–H groups in total. The van der Waals surface area contributed by atoms with E-state index >= 15 is 0 Å². The molecule has 0 fully saturated rings. The molecule has 0 aliphatic carbocycles. The summed E-state index contributed by atoms with van der Waals surface area (Å²) in [4.78, 5) is 19.9. The number of rotatable bonds is 2. The van der Waals surface area contributed by atoms with Crippen LogP contribution < -0.4 is 18.9 Å². The zero-order chi connectivity index (χ0) is 9.14. The molecule has 1 aromatic rings. The molecular weight excluding hydrogens is 169 g/mol. The third-order valence-electron chi connectivity index (χ3n) is 1.33. The van der Waals surface area contributed by atoms with Crippen LogP contribution in [0.15, 0.2) is 24.3 Å². The largest absolute Gasteiger partial charge is 1.00 e. The summed E-state index contributed by atoms with van der Waals surface area (Å²) in [6.07, 6.45) is 0. The summed E-state index contributed by atoms with van der Waals surface area (Å²) in [6.45, 7) is 0. The molecule has 1 rings (SSSR count). The Morgan fingerprint density at radius 3 is 2.15 bits per heavy atom. The number of nitro groups is 1. The summed E-state index contributed by atoms with van der Waals surface area (Å²) in [7, 11) is 0. The third-order valence-corrected chi connectivity index (χ3v) is 1.33. The molecule has 0 spiro atoms. The van der Waals surface area contributed by atoms with E-state index in [9.17, 15) is 14.9 Å². The predicted octanol–water partition coefficient (Wildman–Crippen LogP) is -1.59. The molecule has 5 nitrogen and oxygen atoms in total. The SMILES string of the molecule is O=C(O)c1ccc([N+](=O)[O-])cc1.[H-].[Li+]. The predicted molar refractivity (Wildman–Crippen MR) is 41.2 cm³/mol.